The van der Waals surface area contributed by atoms with E-state index in [9.17, 15) is 4.79 Å². The molecule has 0 radical (unpaired) electrons. The molecule has 1 aromatic carbocycles. The summed E-state index contributed by atoms with van der Waals surface area (Å²) in [5.41, 5.74) is 5.71. The van der Waals surface area contributed by atoms with Gasteiger partial charge in [-0.05, 0) is 57.7 Å². The Bertz CT molecular complexity index is 787. The summed E-state index contributed by atoms with van der Waals surface area (Å²) >= 11 is 0. The molecule has 0 bridgehead atoms. The predicted molar refractivity (Wildman–Crippen MR) is 105 cm³/mol. The Morgan fingerprint density at radius 1 is 0.962 bits per heavy atom. The summed E-state index contributed by atoms with van der Waals surface area (Å²) in [4.78, 5) is 21.5. The molecule has 1 aromatic heterocycles. The maximum Gasteiger partial charge on any atom is 0.270 e. The maximum absolute atomic E-state index is 12.6. The van der Waals surface area contributed by atoms with Crippen molar-refractivity contribution in [3.63, 3.8) is 0 Å². The lowest BCUT2D eigenvalue weighted by Crippen LogP contribution is -2.36. The van der Waals surface area contributed by atoms with Crippen LogP contribution < -0.4 is 10.6 Å². The lowest BCUT2D eigenvalue weighted by atomic mass is 9.95. The minimum atomic E-state index is -0.109. The molecule has 0 saturated heterocycles. The largest absolute Gasteiger partial charge is 0.348 e. The van der Waals surface area contributed by atoms with Gasteiger partial charge in [0.25, 0.3) is 5.91 Å². The molecule has 0 atom stereocenters. The monoisotopic (exact) mass is 352 g/mol. The van der Waals surface area contributed by atoms with E-state index >= 15 is 0 Å². The van der Waals surface area contributed by atoms with Crippen LogP contribution in [0.5, 0.6) is 0 Å². The number of benzene rings is 1. The van der Waals surface area contributed by atoms with Crippen LogP contribution in [0.2, 0.25) is 0 Å². The Kier molecular flexibility index (Phi) is 5.55. The molecule has 5 heteroatoms. The molecule has 5 nitrogen and oxygen atoms in total. The van der Waals surface area contributed by atoms with Gasteiger partial charge in [0.1, 0.15) is 5.69 Å². The third-order valence-corrected chi connectivity index (χ3v) is 4.94. The number of rotatable bonds is 4. The smallest absolute Gasteiger partial charge is 0.270 e. The highest BCUT2D eigenvalue weighted by molar-refractivity contribution is 5.93. The molecular formula is C21H28N4O. The molecule has 1 fully saturated rings. The molecule has 1 aliphatic rings. The topological polar surface area (TPSA) is 66.9 Å². The number of amides is 1. The Hall–Kier alpha value is -2.43. The molecule has 0 unspecified atom stereocenters. The summed E-state index contributed by atoms with van der Waals surface area (Å²) in [6.07, 6.45) is 5.76. The average Bonchev–Trinajstić information content (AvgIpc) is 2.58. The van der Waals surface area contributed by atoms with E-state index in [2.05, 4.69) is 53.5 Å². The van der Waals surface area contributed by atoms with Crippen LogP contribution >= 0.6 is 0 Å². The summed E-state index contributed by atoms with van der Waals surface area (Å²) in [6.45, 7) is 8.10. The third kappa shape index (κ3) is 4.40. The van der Waals surface area contributed by atoms with Crippen LogP contribution in [0.25, 0.3) is 0 Å². The molecule has 2 N–H and O–H groups in total. The van der Waals surface area contributed by atoms with Crippen LogP contribution in [0.4, 0.5) is 11.6 Å². The van der Waals surface area contributed by atoms with Crippen LogP contribution in [0.15, 0.2) is 18.2 Å². The van der Waals surface area contributed by atoms with Gasteiger partial charge in [0.15, 0.2) is 0 Å². The van der Waals surface area contributed by atoms with Gasteiger partial charge in [-0.25, -0.2) is 9.97 Å². The van der Waals surface area contributed by atoms with Gasteiger partial charge in [-0.3, -0.25) is 4.79 Å². The molecule has 0 spiro atoms. The van der Waals surface area contributed by atoms with Crippen molar-refractivity contribution >= 4 is 17.5 Å². The molecule has 1 heterocycles. The lowest BCUT2D eigenvalue weighted by molar-refractivity contribution is 0.0922. The van der Waals surface area contributed by atoms with Crippen molar-refractivity contribution in [2.24, 2.45) is 0 Å². The summed E-state index contributed by atoms with van der Waals surface area (Å²) in [7, 11) is 0. The number of carbonyl (C=O) groups excluding carboxylic acids is 1. The minimum Gasteiger partial charge on any atom is -0.348 e. The fourth-order valence-electron chi connectivity index (χ4n) is 3.74. The Morgan fingerprint density at radius 2 is 1.62 bits per heavy atom. The van der Waals surface area contributed by atoms with Crippen molar-refractivity contribution in [1.82, 2.24) is 15.3 Å². The van der Waals surface area contributed by atoms with Crippen molar-refractivity contribution in [2.75, 3.05) is 5.32 Å². The standard InChI is InChI=1S/C21H28N4O/c1-13-10-14(2)19(15(3)11-13)25-21-22-16(4)12-18(24-21)20(26)23-17-8-6-5-7-9-17/h10-12,17H,5-9H2,1-4H3,(H,23,26)(H,22,24,25). The van der Waals surface area contributed by atoms with Crippen LogP contribution in [0, 0.1) is 27.7 Å². The first-order chi connectivity index (χ1) is 12.4. The highest BCUT2D eigenvalue weighted by Crippen LogP contribution is 2.25. The molecular weight excluding hydrogens is 324 g/mol. The number of hydrogen-bond acceptors (Lipinski definition) is 4. The first-order valence-corrected chi connectivity index (χ1v) is 9.44. The number of aromatic nitrogens is 2. The maximum atomic E-state index is 12.6. The van der Waals surface area contributed by atoms with Gasteiger partial charge in [-0.1, -0.05) is 37.0 Å². The highest BCUT2D eigenvalue weighted by atomic mass is 16.1. The van der Waals surface area contributed by atoms with E-state index in [1.807, 2.05) is 6.92 Å². The van der Waals surface area contributed by atoms with Gasteiger partial charge in [0, 0.05) is 17.4 Å². The number of nitrogens with zero attached hydrogens (tertiary/aromatic N) is 2. The number of nitrogens with one attached hydrogen (secondary N) is 2. The molecule has 2 aromatic rings. The number of aryl methyl sites for hydroxylation is 4. The predicted octanol–water partition coefficient (Wildman–Crippen LogP) is 4.52. The number of hydrogen-bond donors (Lipinski definition) is 2. The third-order valence-electron chi connectivity index (χ3n) is 4.94. The van der Waals surface area contributed by atoms with Crippen molar-refractivity contribution < 1.29 is 4.79 Å². The Labute approximate surface area is 155 Å². The van der Waals surface area contributed by atoms with Crippen LogP contribution in [0.1, 0.15) is 65.0 Å². The summed E-state index contributed by atoms with van der Waals surface area (Å²) in [5, 5.41) is 6.43. The van der Waals surface area contributed by atoms with E-state index < -0.39 is 0 Å². The quantitative estimate of drug-likeness (QED) is 0.849. The second-order valence-corrected chi connectivity index (χ2v) is 7.43. The van der Waals surface area contributed by atoms with Crippen molar-refractivity contribution in [1.29, 1.82) is 0 Å². The zero-order valence-corrected chi connectivity index (χ0v) is 16.1. The molecule has 26 heavy (non-hydrogen) atoms. The van der Waals surface area contributed by atoms with Crippen LogP contribution in [-0.4, -0.2) is 21.9 Å². The molecule has 1 amide bonds. The molecule has 1 saturated carbocycles. The molecule has 3 rings (SSSR count). The molecule has 138 valence electrons. The van der Waals surface area contributed by atoms with E-state index in [1.54, 1.807) is 6.07 Å². The van der Waals surface area contributed by atoms with Gasteiger partial charge in [0.05, 0.1) is 0 Å². The zero-order chi connectivity index (χ0) is 18.7. The van der Waals surface area contributed by atoms with Gasteiger partial charge in [-0.2, -0.15) is 0 Å². The van der Waals surface area contributed by atoms with E-state index in [-0.39, 0.29) is 11.9 Å². The highest BCUT2D eigenvalue weighted by Gasteiger charge is 2.18. The number of carbonyl (C=O) groups is 1. The van der Waals surface area contributed by atoms with Crippen LogP contribution in [-0.2, 0) is 0 Å². The first-order valence-electron chi connectivity index (χ1n) is 9.44. The Morgan fingerprint density at radius 3 is 2.27 bits per heavy atom. The molecule has 1 aliphatic carbocycles. The van der Waals surface area contributed by atoms with E-state index in [0.717, 1.165) is 35.3 Å². The fraction of sp³-hybridized carbons (Fsp3) is 0.476. The van der Waals surface area contributed by atoms with Gasteiger partial charge in [-0.15, -0.1) is 0 Å². The summed E-state index contributed by atoms with van der Waals surface area (Å²) in [6, 6.07) is 6.27. The molecule has 0 aliphatic heterocycles. The second kappa shape index (κ2) is 7.85. The van der Waals surface area contributed by atoms with E-state index in [0.29, 0.717) is 11.6 Å². The normalized spacial score (nSPS) is 14.9. The second-order valence-electron chi connectivity index (χ2n) is 7.43. The SMILES string of the molecule is Cc1cc(C)c(Nc2nc(C)cc(C(=O)NC3CCCCC3)n2)c(C)c1. The minimum absolute atomic E-state index is 0.109. The van der Waals surface area contributed by atoms with Crippen molar-refractivity contribution in [3.05, 3.63) is 46.3 Å². The van der Waals surface area contributed by atoms with E-state index in [4.69, 9.17) is 0 Å². The Balaban J connectivity index is 1.80. The van der Waals surface area contributed by atoms with E-state index in [1.165, 1.54) is 24.8 Å². The van der Waals surface area contributed by atoms with Crippen molar-refractivity contribution in [2.45, 2.75) is 65.8 Å². The summed E-state index contributed by atoms with van der Waals surface area (Å²) < 4.78 is 0. The fourth-order valence-corrected chi connectivity index (χ4v) is 3.74. The lowest BCUT2D eigenvalue weighted by Gasteiger charge is -2.22. The first kappa shape index (κ1) is 18.4. The van der Waals surface area contributed by atoms with Gasteiger partial charge < -0.3 is 10.6 Å². The van der Waals surface area contributed by atoms with Gasteiger partial charge in [0.2, 0.25) is 5.95 Å². The van der Waals surface area contributed by atoms with Gasteiger partial charge >= 0.3 is 0 Å². The zero-order valence-electron chi connectivity index (χ0n) is 16.1. The number of anilines is 2. The van der Waals surface area contributed by atoms with Crippen LogP contribution in [0.3, 0.4) is 0 Å². The average molecular weight is 352 g/mol. The summed E-state index contributed by atoms with van der Waals surface area (Å²) in [5.74, 6) is 0.358. The van der Waals surface area contributed by atoms with Crippen molar-refractivity contribution in [3.8, 4) is 0 Å².